The maximum absolute atomic E-state index is 12.4. The van der Waals surface area contributed by atoms with Gasteiger partial charge in [-0.2, -0.15) is 0 Å². The SMILES string of the molecule is O=C(O)CC1CCCN1C(=O)c1ccc(Br)c(OC(F)(F)F)c1. The molecule has 0 saturated carbocycles. The molecule has 1 aromatic rings. The van der Waals surface area contributed by atoms with Crippen molar-refractivity contribution in [3.8, 4) is 5.75 Å². The number of halogens is 4. The smallest absolute Gasteiger partial charge is 0.481 e. The number of carboxylic acid groups (broad SMARTS) is 1. The molecule has 2 rings (SSSR count). The number of amides is 1. The van der Waals surface area contributed by atoms with Crippen LogP contribution >= 0.6 is 15.9 Å². The molecule has 23 heavy (non-hydrogen) atoms. The summed E-state index contributed by atoms with van der Waals surface area (Å²) in [6.07, 6.45) is -3.84. The molecule has 1 atom stereocenters. The number of likely N-dealkylation sites (tertiary alicyclic amines) is 1. The molecule has 1 aliphatic heterocycles. The predicted molar refractivity (Wildman–Crippen MR) is 77.1 cm³/mol. The zero-order valence-electron chi connectivity index (χ0n) is 11.8. The summed E-state index contributed by atoms with van der Waals surface area (Å²) < 4.78 is 41.0. The standard InChI is InChI=1S/C14H13BrF3NO4/c15-10-4-3-8(6-11(10)23-14(16,17)18)13(22)19-5-1-2-9(19)7-12(20)21/h3-4,6,9H,1-2,5,7H2,(H,20,21). The largest absolute Gasteiger partial charge is 0.573 e. The fourth-order valence-corrected chi connectivity index (χ4v) is 2.85. The molecule has 0 bridgehead atoms. The summed E-state index contributed by atoms with van der Waals surface area (Å²) in [4.78, 5) is 24.7. The Morgan fingerprint density at radius 1 is 1.39 bits per heavy atom. The average molecular weight is 396 g/mol. The number of rotatable bonds is 4. The Bertz CT molecular complexity index is 621. The molecule has 0 radical (unpaired) electrons. The van der Waals surface area contributed by atoms with Crippen molar-refractivity contribution in [3.05, 3.63) is 28.2 Å². The van der Waals surface area contributed by atoms with E-state index in [2.05, 4.69) is 20.7 Å². The molecule has 0 aliphatic carbocycles. The van der Waals surface area contributed by atoms with Crippen LogP contribution in [0.25, 0.3) is 0 Å². The van der Waals surface area contributed by atoms with Gasteiger partial charge < -0.3 is 14.7 Å². The van der Waals surface area contributed by atoms with E-state index in [4.69, 9.17) is 5.11 Å². The van der Waals surface area contributed by atoms with Gasteiger partial charge in [0.15, 0.2) is 0 Å². The summed E-state index contributed by atoms with van der Waals surface area (Å²) in [6.45, 7) is 0.377. The fraction of sp³-hybridized carbons (Fsp3) is 0.429. The summed E-state index contributed by atoms with van der Waals surface area (Å²) >= 11 is 2.93. The fourth-order valence-electron chi connectivity index (χ4n) is 2.52. The third-order valence-corrected chi connectivity index (χ3v) is 4.11. The van der Waals surface area contributed by atoms with Crippen molar-refractivity contribution in [2.24, 2.45) is 0 Å². The molecule has 9 heteroatoms. The summed E-state index contributed by atoms with van der Waals surface area (Å²) in [7, 11) is 0. The number of benzene rings is 1. The zero-order valence-corrected chi connectivity index (χ0v) is 13.4. The molecule has 1 aromatic carbocycles. The highest BCUT2D eigenvalue weighted by Gasteiger charge is 2.34. The first-order valence-corrected chi connectivity index (χ1v) is 7.55. The van der Waals surface area contributed by atoms with Crippen molar-refractivity contribution in [2.45, 2.75) is 31.7 Å². The highest BCUT2D eigenvalue weighted by molar-refractivity contribution is 9.10. The average Bonchev–Trinajstić information content (AvgIpc) is 2.86. The van der Waals surface area contributed by atoms with Gasteiger partial charge in [-0.15, -0.1) is 13.2 Å². The number of hydrogen-bond donors (Lipinski definition) is 1. The van der Waals surface area contributed by atoms with Crippen LogP contribution in [0.2, 0.25) is 0 Å². The van der Waals surface area contributed by atoms with Gasteiger partial charge >= 0.3 is 12.3 Å². The molecule has 1 saturated heterocycles. The Morgan fingerprint density at radius 3 is 2.70 bits per heavy atom. The van der Waals surface area contributed by atoms with Gasteiger partial charge in [0.1, 0.15) is 5.75 Å². The van der Waals surface area contributed by atoms with Gasteiger partial charge in [-0.25, -0.2) is 0 Å². The maximum atomic E-state index is 12.4. The highest BCUT2D eigenvalue weighted by Crippen LogP contribution is 2.32. The molecule has 0 spiro atoms. The van der Waals surface area contributed by atoms with E-state index in [1.54, 1.807) is 0 Å². The minimum absolute atomic E-state index is 0.0183. The first-order valence-electron chi connectivity index (χ1n) is 6.75. The zero-order chi connectivity index (χ0) is 17.2. The number of ether oxygens (including phenoxy) is 1. The van der Waals surface area contributed by atoms with Crippen molar-refractivity contribution in [2.75, 3.05) is 6.54 Å². The first-order chi connectivity index (χ1) is 10.7. The van der Waals surface area contributed by atoms with E-state index >= 15 is 0 Å². The topological polar surface area (TPSA) is 66.8 Å². The maximum Gasteiger partial charge on any atom is 0.573 e. The van der Waals surface area contributed by atoms with E-state index < -0.39 is 30.0 Å². The van der Waals surface area contributed by atoms with Crippen molar-refractivity contribution in [1.29, 1.82) is 0 Å². The molecule has 5 nitrogen and oxygen atoms in total. The number of carbonyl (C=O) groups excluding carboxylic acids is 1. The van der Waals surface area contributed by atoms with Crippen molar-refractivity contribution >= 4 is 27.8 Å². The monoisotopic (exact) mass is 395 g/mol. The lowest BCUT2D eigenvalue weighted by atomic mass is 10.1. The van der Waals surface area contributed by atoms with Gasteiger partial charge in [0.05, 0.1) is 10.9 Å². The van der Waals surface area contributed by atoms with Gasteiger partial charge in [0, 0.05) is 18.2 Å². The second-order valence-electron chi connectivity index (χ2n) is 5.09. The van der Waals surface area contributed by atoms with Crippen LogP contribution in [0.5, 0.6) is 5.75 Å². The lowest BCUT2D eigenvalue weighted by Gasteiger charge is -2.24. The van der Waals surface area contributed by atoms with Crippen LogP contribution in [0.1, 0.15) is 29.6 Å². The molecule has 1 heterocycles. The van der Waals surface area contributed by atoms with Crippen molar-refractivity contribution in [1.82, 2.24) is 4.90 Å². The third kappa shape index (κ3) is 4.60. The number of aliphatic carboxylic acids is 1. The van der Waals surface area contributed by atoms with Crippen LogP contribution < -0.4 is 4.74 Å². The molecule has 0 aromatic heterocycles. The number of nitrogens with zero attached hydrogens (tertiary/aromatic N) is 1. The Hall–Kier alpha value is -1.77. The minimum Gasteiger partial charge on any atom is -0.481 e. The third-order valence-electron chi connectivity index (χ3n) is 3.45. The summed E-state index contributed by atoms with van der Waals surface area (Å²) in [5, 5.41) is 8.86. The molecule has 126 valence electrons. The Labute approximate surface area is 138 Å². The molecule has 1 amide bonds. The molecule has 1 unspecified atom stereocenters. The number of alkyl halides is 3. The van der Waals surface area contributed by atoms with Crippen molar-refractivity contribution in [3.63, 3.8) is 0 Å². The number of hydrogen-bond acceptors (Lipinski definition) is 3. The quantitative estimate of drug-likeness (QED) is 0.847. The summed E-state index contributed by atoms with van der Waals surface area (Å²) in [5.74, 6) is -2.04. The summed E-state index contributed by atoms with van der Waals surface area (Å²) in [5.41, 5.74) is 0.0183. The van der Waals surface area contributed by atoms with Crippen LogP contribution in [-0.4, -0.2) is 40.8 Å². The van der Waals surface area contributed by atoms with Crippen LogP contribution in [-0.2, 0) is 4.79 Å². The second-order valence-corrected chi connectivity index (χ2v) is 5.94. The molecular weight excluding hydrogens is 383 g/mol. The van der Waals surface area contributed by atoms with Gasteiger partial charge in [0.25, 0.3) is 5.91 Å². The molecule has 1 aliphatic rings. The number of carbonyl (C=O) groups is 2. The number of carboxylic acids is 1. The molecular formula is C14H13BrF3NO4. The highest BCUT2D eigenvalue weighted by atomic mass is 79.9. The van der Waals surface area contributed by atoms with Crippen LogP contribution in [0.15, 0.2) is 22.7 Å². The Kier molecular flexibility index (Phi) is 5.18. The van der Waals surface area contributed by atoms with E-state index in [1.807, 2.05) is 0 Å². The second kappa shape index (κ2) is 6.77. The van der Waals surface area contributed by atoms with E-state index in [0.717, 1.165) is 6.07 Å². The van der Waals surface area contributed by atoms with Gasteiger partial charge in [-0.1, -0.05) is 0 Å². The summed E-state index contributed by atoms with van der Waals surface area (Å²) in [6, 6.07) is 3.20. The van der Waals surface area contributed by atoms with Gasteiger partial charge in [-0.05, 0) is 47.0 Å². The molecule has 1 fully saturated rings. The van der Waals surface area contributed by atoms with Crippen LogP contribution in [0.3, 0.4) is 0 Å². The first kappa shape index (κ1) is 17.6. The van der Waals surface area contributed by atoms with Gasteiger partial charge in [0.2, 0.25) is 0 Å². The van der Waals surface area contributed by atoms with Crippen molar-refractivity contribution < 1.29 is 32.6 Å². The van der Waals surface area contributed by atoms with Crippen LogP contribution in [0, 0.1) is 0 Å². The Balaban J connectivity index is 2.22. The van der Waals surface area contributed by atoms with Gasteiger partial charge in [-0.3, -0.25) is 9.59 Å². The normalized spacial score (nSPS) is 18.1. The van der Waals surface area contributed by atoms with E-state index in [1.165, 1.54) is 17.0 Å². The van der Waals surface area contributed by atoms with E-state index in [0.29, 0.717) is 19.4 Å². The van der Waals surface area contributed by atoms with E-state index in [9.17, 15) is 22.8 Å². The van der Waals surface area contributed by atoms with E-state index in [-0.39, 0.29) is 16.5 Å². The molecule has 1 N–H and O–H groups in total. The lowest BCUT2D eigenvalue weighted by Crippen LogP contribution is -2.36. The van der Waals surface area contributed by atoms with Crippen LogP contribution in [0.4, 0.5) is 13.2 Å². The minimum atomic E-state index is -4.87. The Morgan fingerprint density at radius 2 is 2.09 bits per heavy atom. The predicted octanol–water partition coefficient (Wildman–Crippen LogP) is 3.43. The lowest BCUT2D eigenvalue weighted by molar-refractivity contribution is -0.274.